The molecule has 0 spiro atoms. The van der Waals surface area contributed by atoms with E-state index in [4.69, 9.17) is 0 Å². The molecule has 0 aromatic heterocycles. The molecular formula is C26H11F31N2O7. The zero-order chi connectivity index (χ0) is 53.7. The molecule has 40 heteroatoms. The van der Waals surface area contributed by atoms with E-state index in [-0.39, 0.29) is 12.1 Å². The Morgan fingerprint density at radius 2 is 0.758 bits per heavy atom. The van der Waals surface area contributed by atoms with Crippen LogP contribution in [0.3, 0.4) is 0 Å². The van der Waals surface area contributed by atoms with Gasteiger partial charge in [-0.1, -0.05) is 13.8 Å². The highest BCUT2D eigenvalue weighted by Gasteiger charge is 3.01. The number of hydrogen-bond donors (Lipinski definition) is 0. The summed E-state index contributed by atoms with van der Waals surface area (Å²) < 4.78 is 433. The molecule has 0 saturated heterocycles. The number of nitrogens with zero attached hydrogens (tertiary/aromatic N) is 2. The number of alkyl halides is 31. The number of hydrogen-bond acceptors (Lipinski definition) is 7. The van der Waals surface area contributed by atoms with Gasteiger partial charge in [-0.3, -0.25) is 20.2 Å². The van der Waals surface area contributed by atoms with E-state index >= 15 is 0 Å². The molecule has 0 heterocycles. The molecule has 384 valence electrons. The predicted molar refractivity (Wildman–Crippen MR) is 141 cm³/mol. The second kappa shape index (κ2) is 16.1. The molecule has 1 aromatic rings. The van der Waals surface area contributed by atoms with Gasteiger partial charge in [-0.25, -0.2) is 4.79 Å². The molecule has 1 aromatic carbocycles. The topological polar surface area (TPSA) is 122 Å². The number of carbonyl (C=O) groups excluding carboxylic acids is 1. The molecule has 0 aliphatic carbocycles. The summed E-state index contributed by atoms with van der Waals surface area (Å²) in [5, 5.41) is 22.4. The molecular weight excluding hydrogens is 1040 g/mol. The highest BCUT2D eigenvalue weighted by atomic mass is 19.4. The average molecular weight is 1050 g/mol. The predicted octanol–water partition coefficient (Wildman–Crippen LogP) is 12.9. The van der Waals surface area contributed by atoms with E-state index in [1.54, 1.807) is 0 Å². The first-order chi connectivity index (χ1) is 28.5. The quantitative estimate of drug-likeness (QED) is 0.0445. The second-order valence-electron chi connectivity index (χ2n) is 12.6. The van der Waals surface area contributed by atoms with Crippen molar-refractivity contribution < 1.29 is 160 Å². The number of halogens is 31. The molecule has 1 unspecified atom stereocenters. The number of benzene rings is 1. The van der Waals surface area contributed by atoms with Crippen LogP contribution in [0.5, 0.6) is 5.75 Å². The minimum absolute atomic E-state index is 0.170. The number of rotatable bonds is 19. The fraction of sp³-hybridized carbons (Fsp3) is 0.731. The largest absolute Gasteiger partial charge is 0.518 e. The van der Waals surface area contributed by atoms with Crippen molar-refractivity contribution in [2.45, 2.75) is 115 Å². The number of carbonyl (C=O) groups is 1. The fourth-order valence-electron chi connectivity index (χ4n) is 4.36. The Hall–Kier alpha value is -4.88. The van der Waals surface area contributed by atoms with Gasteiger partial charge in [0.1, 0.15) is 0 Å². The molecule has 9 nitrogen and oxygen atoms in total. The molecule has 0 amide bonds. The Morgan fingerprint density at radius 1 is 0.485 bits per heavy atom. The van der Waals surface area contributed by atoms with E-state index in [9.17, 15) is 161 Å². The monoisotopic (exact) mass is 1050 g/mol. The lowest BCUT2D eigenvalue weighted by Gasteiger charge is -2.46. The summed E-state index contributed by atoms with van der Waals surface area (Å²) in [6, 6.07) is -0.0728. The minimum atomic E-state index is -10.3. The maximum atomic E-state index is 14.3. The van der Waals surface area contributed by atoms with Gasteiger partial charge in [0.15, 0.2) is 0 Å². The van der Waals surface area contributed by atoms with E-state index in [0.29, 0.717) is 0 Å². The summed E-state index contributed by atoms with van der Waals surface area (Å²) in [5.74, 6) is -131. The van der Waals surface area contributed by atoms with Gasteiger partial charge in [-0.05, 0) is 12.3 Å². The molecule has 1 rings (SSSR count). The van der Waals surface area contributed by atoms with Crippen molar-refractivity contribution in [3.8, 4) is 5.75 Å². The number of nitro benzene ring substituents is 2. The average Bonchev–Trinajstić information content (AvgIpc) is 3.12. The van der Waals surface area contributed by atoms with Crippen molar-refractivity contribution in [3.05, 3.63) is 37.9 Å². The summed E-state index contributed by atoms with van der Waals surface area (Å²) in [6.45, 7) is 1.95. The molecule has 0 saturated carbocycles. The molecule has 66 heavy (non-hydrogen) atoms. The fourth-order valence-corrected chi connectivity index (χ4v) is 4.36. The highest BCUT2D eigenvalue weighted by Crippen LogP contribution is 2.69. The second-order valence-corrected chi connectivity index (χ2v) is 12.6. The summed E-state index contributed by atoms with van der Waals surface area (Å²) in [7, 11) is 0. The van der Waals surface area contributed by atoms with Crippen LogP contribution in [0.2, 0.25) is 0 Å². The highest BCUT2D eigenvalue weighted by molar-refractivity contribution is 5.70. The Labute approximate surface area is 338 Å². The van der Waals surface area contributed by atoms with Crippen LogP contribution in [0.15, 0.2) is 12.1 Å². The SMILES string of the molecule is CCC(C)c1cc([N+](=O)[O-])cc([N+](=O)[O-])c1OC(=O)OC(F)(F)C(F)(F)C(F)(F)C(F)(F)C(F)(F)C(F)(F)C(F)(F)C(F)(F)C(F)(F)C(F)(F)C(F)(F)C(F)(F)C(F)(F)C(F)(F)C(F)(F)F. The number of ether oxygens (including phenoxy) is 2. The Balaban J connectivity index is 3.97. The maximum absolute atomic E-state index is 14.3. The Kier molecular flexibility index (Phi) is 14.5. The molecule has 0 radical (unpaired) electrons. The van der Waals surface area contributed by atoms with Crippen molar-refractivity contribution in [2.24, 2.45) is 0 Å². The van der Waals surface area contributed by atoms with E-state index in [1.165, 1.54) is 0 Å². The van der Waals surface area contributed by atoms with Crippen molar-refractivity contribution in [1.29, 1.82) is 0 Å². The van der Waals surface area contributed by atoms with Crippen molar-refractivity contribution >= 4 is 17.5 Å². The summed E-state index contributed by atoms with van der Waals surface area (Å²) in [6.07, 6.45) is -20.9. The number of nitro groups is 2. The molecule has 0 aliphatic heterocycles. The van der Waals surface area contributed by atoms with E-state index in [1.807, 2.05) is 0 Å². The zero-order valence-electron chi connectivity index (χ0n) is 29.9. The number of non-ortho nitro benzene ring substituents is 1. The van der Waals surface area contributed by atoms with Crippen LogP contribution in [0, 0.1) is 20.2 Å². The van der Waals surface area contributed by atoms with E-state index < -0.39 is 140 Å². The van der Waals surface area contributed by atoms with Gasteiger partial charge in [0, 0.05) is 11.6 Å². The van der Waals surface area contributed by atoms with Gasteiger partial charge >= 0.3 is 101 Å². The van der Waals surface area contributed by atoms with Crippen LogP contribution in [-0.2, 0) is 4.74 Å². The third-order valence-corrected chi connectivity index (χ3v) is 8.48. The molecule has 1 atom stereocenters. The molecule has 0 N–H and O–H groups in total. The summed E-state index contributed by atoms with van der Waals surface area (Å²) >= 11 is 0. The smallest absolute Gasteiger partial charge is 0.387 e. The Bertz CT molecular complexity index is 2030. The van der Waals surface area contributed by atoms with Gasteiger partial charge in [-0.15, -0.1) is 0 Å². The van der Waals surface area contributed by atoms with E-state index in [2.05, 4.69) is 9.47 Å². The van der Waals surface area contributed by atoms with Crippen molar-refractivity contribution in [2.75, 3.05) is 0 Å². The Morgan fingerprint density at radius 3 is 1.00 bits per heavy atom. The van der Waals surface area contributed by atoms with Gasteiger partial charge < -0.3 is 9.47 Å². The van der Waals surface area contributed by atoms with Crippen LogP contribution in [0.1, 0.15) is 31.7 Å². The normalized spacial score (nSPS) is 16.0. The third-order valence-electron chi connectivity index (χ3n) is 8.48. The van der Waals surface area contributed by atoms with Crippen molar-refractivity contribution in [1.82, 2.24) is 0 Å². The van der Waals surface area contributed by atoms with E-state index in [0.717, 1.165) is 13.8 Å². The minimum Gasteiger partial charge on any atom is -0.387 e. The van der Waals surface area contributed by atoms with Crippen molar-refractivity contribution in [3.63, 3.8) is 0 Å². The van der Waals surface area contributed by atoms with Crippen LogP contribution < -0.4 is 4.74 Å². The maximum Gasteiger partial charge on any atom is 0.518 e. The molecule has 0 fully saturated rings. The zero-order valence-corrected chi connectivity index (χ0v) is 29.9. The molecule has 0 aliphatic rings. The van der Waals surface area contributed by atoms with Crippen LogP contribution in [0.25, 0.3) is 0 Å². The first-order valence-corrected chi connectivity index (χ1v) is 15.2. The van der Waals surface area contributed by atoms with Gasteiger partial charge in [-0.2, -0.15) is 136 Å². The standard InChI is InChI=1S/C26H11F31N2O7/c1-3-6(2)8-4-7(58(61)62)5-9(59(63)64)10(8)65-11(60)66-26(56,57)24(51,52)22(47,48)20(43,44)18(39,40)16(35,36)14(31,32)12(27,28)13(29,30)15(33,34)17(37,38)19(41,42)21(45,46)23(49,50)25(53,54)55/h4-6H,3H2,1-2H3. The lowest BCUT2D eigenvalue weighted by molar-refractivity contribution is -0.492. The first kappa shape index (κ1) is 59.1. The lowest BCUT2D eigenvalue weighted by Crippen LogP contribution is -2.79. The first-order valence-electron chi connectivity index (χ1n) is 15.2. The lowest BCUT2D eigenvalue weighted by atomic mass is 9.83. The summed E-state index contributed by atoms with van der Waals surface area (Å²) in [5.41, 5.74) is -4.40. The van der Waals surface area contributed by atoms with Gasteiger partial charge in [0.25, 0.3) is 5.69 Å². The van der Waals surface area contributed by atoms with Gasteiger partial charge in [0.05, 0.1) is 15.9 Å². The van der Waals surface area contributed by atoms with Crippen LogP contribution >= 0.6 is 0 Å². The molecule has 0 bridgehead atoms. The summed E-state index contributed by atoms with van der Waals surface area (Å²) in [4.78, 5) is 31.1. The van der Waals surface area contributed by atoms with Crippen LogP contribution in [0.4, 0.5) is 152 Å². The van der Waals surface area contributed by atoms with Crippen LogP contribution in [-0.4, -0.2) is 105 Å². The third kappa shape index (κ3) is 7.79. The van der Waals surface area contributed by atoms with Gasteiger partial charge in [0.2, 0.25) is 5.75 Å².